The number of rotatable bonds is 4. The quantitative estimate of drug-likeness (QED) is 0.409. The second-order valence-electron chi connectivity index (χ2n) is 5.22. The van der Waals surface area contributed by atoms with Gasteiger partial charge >= 0.3 is 6.18 Å². The number of piperidine rings is 1. The summed E-state index contributed by atoms with van der Waals surface area (Å²) in [7, 11) is 1.57. The van der Waals surface area contributed by atoms with Crippen LogP contribution in [0.25, 0.3) is 0 Å². The lowest BCUT2D eigenvalue weighted by Crippen LogP contribution is -2.49. The number of guanidine groups is 1. The molecule has 2 heterocycles. The molecule has 1 aromatic heterocycles. The fourth-order valence-corrected chi connectivity index (χ4v) is 3.19. The van der Waals surface area contributed by atoms with Crippen LogP contribution < -0.4 is 15.5 Å². The zero-order chi connectivity index (χ0) is 16.0. The first-order valence-corrected chi connectivity index (χ1v) is 8.18. The SMILES string of the molecule is CN=C(NCCC(F)(F)F)NC1CCN(c2cccs2)CC1.I. The molecule has 1 aliphatic heterocycles. The first-order valence-electron chi connectivity index (χ1n) is 7.30. The minimum atomic E-state index is -4.14. The van der Waals surface area contributed by atoms with Crippen LogP contribution in [-0.4, -0.2) is 44.9 Å². The van der Waals surface area contributed by atoms with Crippen molar-refractivity contribution in [1.29, 1.82) is 0 Å². The molecule has 0 bridgehead atoms. The van der Waals surface area contributed by atoms with Gasteiger partial charge in [-0.05, 0) is 30.4 Å². The van der Waals surface area contributed by atoms with Gasteiger partial charge in [0.15, 0.2) is 5.96 Å². The Morgan fingerprint density at radius 2 is 2.09 bits per heavy atom. The highest BCUT2D eigenvalue weighted by atomic mass is 127. The van der Waals surface area contributed by atoms with Crippen LogP contribution in [0, 0.1) is 0 Å². The fourth-order valence-electron chi connectivity index (χ4n) is 2.40. The second kappa shape index (κ2) is 9.55. The number of nitrogens with zero attached hydrogens (tertiary/aromatic N) is 2. The van der Waals surface area contributed by atoms with Crippen LogP contribution in [0.3, 0.4) is 0 Å². The van der Waals surface area contributed by atoms with Crippen molar-refractivity contribution in [3.8, 4) is 0 Å². The largest absolute Gasteiger partial charge is 0.390 e. The molecule has 1 aliphatic rings. The smallest absolute Gasteiger partial charge is 0.363 e. The van der Waals surface area contributed by atoms with E-state index in [1.54, 1.807) is 18.4 Å². The molecule has 2 rings (SSSR count). The average Bonchev–Trinajstić information content (AvgIpc) is 3.00. The lowest BCUT2D eigenvalue weighted by molar-refractivity contribution is -0.132. The number of hydrogen-bond donors (Lipinski definition) is 2. The van der Waals surface area contributed by atoms with Gasteiger partial charge in [0, 0.05) is 32.7 Å². The first kappa shape index (κ1) is 20.3. The Morgan fingerprint density at radius 1 is 1.39 bits per heavy atom. The molecule has 0 amide bonds. The molecule has 4 nitrogen and oxygen atoms in total. The molecule has 0 spiro atoms. The molecule has 0 aromatic carbocycles. The number of thiophene rings is 1. The molecule has 1 saturated heterocycles. The summed E-state index contributed by atoms with van der Waals surface area (Å²) in [5, 5.41) is 9.26. The summed E-state index contributed by atoms with van der Waals surface area (Å²) in [6.07, 6.45) is -3.11. The van der Waals surface area contributed by atoms with Crippen LogP contribution in [0.2, 0.25) is 0 Å². The zero-order valence-corrected chi connectivity index (χ0v) is 16.0. The van der Waals surface area contributed by atoms with Crippen molar-refractivity contribution in [3.05, 3.63) is 17.5 Å². The maximum atomic E-state index is 12.1. The van der Waals surface area contributed by atoms with Gasteiger partial charge < -0.3 is 15.5 Å². The summed E-state index contributed by atoms with van der Waals surface area (Å²) in [5.41, 5.74) is 0. The van der Waals surface area contributed by atoms with Crippen molar-refractivity contribution in [2.45, 2.75) is 31.5 Å². The average molecular weight is 462 g/mol. The third-order valence-electron chi connectivity index (χ3n) is 3.58. The number of hydrogen-bond acceptors (Lipinski definition) is 3. The van der Waals surface area contributed by atoms with E-state index in [1.165, 1.54) is 5.00 Å². The Bertz CT molecular complexity index is 471. The van der Waals surface area contributed by atoms with E-state index in [0.29, 0.717) is 5.96 Å². The van der Waals surface area contributed by atoms with Gasteiger partial charge in [0.1, 0.15) is 0 Å². The number of halogens is 4. The van der Waals surface area contributed by atoms with Gasteiger partial charge in [-0.25, -0.2) is 0 Å². The van der Waals surface area contributed by atoms with Gasteiger partial charge in [0.25, 0.3) is 0 Å². The minimum absolute atomic E-state index is 0. The van der Waals surface area contributed by atoms with E-state index in [1.807, 2.05) is 6.07 Å². The third kappa shape index (κ3) is 7.15. The first-order chi connectivity index (χ1) is 10.5. The van der Waals surface area contributed by atoms with Gasteiger partial charge in [-0.1, -0.05) is 0 Å². The molecule has 132 valence electrons. The normalized spacial score (nSPS) is 16.9. The standard InChI is InChI=1S/C14H21F3N4S.HI/c1-18-13(19-7-6-14(15,16)17)20-11-4-8-21(9-5-11)12-3-2-10-22-12;/h2-3,10-11H,4-9H2,1H3,(H2,18,19,20);1H. The molecular weight excluding hydrogens is 440 g/mol. The van der Waals surface area contributed by atoms with Crippen LogP contribution >= 0.6 is 35.3 Å². The van der Waals surface area contributed by atoms with Crippen LogP contribution in [0.1, 0.15) is 19.3 Å². The maximum Gasteiger partial charge on any atom is 0.390 e. The molecule has 0 atom stereocenters. The van der Waals surface area contributed by atoms with Gasteiger partial charge in [-0.2, -0.15) is 13.2 Å². The lowest BCUT2D eigenvalue weighted by atomic mass is 10.1. The molecule has 0 aliphatic carbocycles. The van der Waals surface area contributed by atoms with Crippen LogP contribution in [0.5, 0.6) is 0 Å². The van der Waals surface area contributed by atoms with Crippen molar-refractivity contribution >= 4 is 46.3 Å². The molecular formula is C14H22F3IN4S. The van der Waals surface area contributed by atoms with Crippen LogP contribution in [0.4, 0.5) is 18.2 Å². The van der Waals surface area contributed by atoms with Crippen LogP contribution in [0.15, 0.2) is 22.5 Å². The van der Waals surface area contributed by atoms with E-state index in [-0.39, 0.29) is 36.6 Å². The third-order valence-corrected chi connectivity index (χ3v) is 4.51. The van der Waals surface area contributed by atoms with E-state index in [9.17, 15) is 13.2 Å². The Kier molecular flexibility index (Phi) is 8.45. The molecule has 9 heteroatoms. The number of anilines is 1. The summed E-state index contributed by atoms with van der Waals surface area (Å²) in [6, 6.07) is 4.39. The molecule has 23 heavy (non-hydrogen) atoms. The molecule has 2 N–H and O–H groups in total. The Morgan fingerprint density at radius 3 is 2.61 bits per heavy atom. The highest BCUT2D eigenvalue weighted by Crippen LogP contribution is 2.24. The van der Waals surface area contributed by atoms with E-state index < -0.39 is 12.6 Å². The molecule has 0 unspecified atom stereocenters. The van der Waals surface area contributed by atoms with Crippen molar-refractivity contribution in [3.63, 3.8) is 0 Å². The van der Waals surface area contributed by atoms with Gasteiger partial charge in [0.2, 0.25) is 0 Å². The van der Waals surface area contributed by atoms with E-state index in [0.717, 1.165) is 25.9 Å². The number of aliphatic imine (C=N–C) groups is 1. The van der Waals surface area contributed by atoms with E-state index >= 15 is 0 Å². The molecule has 0 saturated carbocycles. The summed E-state index contributed by atoms with van der Waals surface area (Å²) in [5.74, 6) is 0.443. The topological polar surface area (TPSA) is 39.7 Å². The monoisotopic (exact) mass is 462 g/mol. The summed E-state index contributed by atoms with van der Waals surface area (Å²) >= 11 is 1.73. The predicted molar refractivity (Wildman–Crippen MR) is 100 cm³/mol. The van der Waals surface area contributed by atoms with Crippen molar-refractivity contribution < 1.29 is 13.2 Å². The molecule has 1 fully saturated rings. The number of alkyl halides is 3. The fraction of sp³-hybridized carbons (Fsp3) is 0.643. The highest BCUT2D eigenvalue weighted by molar-refractivity contribution is 14.0. The van der Waals surface area contributed by atoms with Crippen LogP contribution in [-0.2, 0) is 0 Å². The van der Waals surface area contributed by atoms with Crippen molar-refractivity contribution in [1.82, 2.24) is 10.6 Å². The van der Waals surface area contributed by atoms with Crippen molar-refractivity contribution in [2.75, 3.05) is 31.6 Å². The summed E-state index contributed by atoms with van der Waals surface area (Å²) in [6.45, 7) is 1.73. The van der Waals surface area contributed by atoms with E-state index in [4.69, 9.17) is 0 Å². The van der Waals surface area contributed by atoms with Crippen molar-refractivity contribution in [2.24, 2.45) is 4.99 Å². The lowest BCUT2D eigenvalue weighted by Gasteiger charge is -2.33. The Balaban J connectivity index is 0.00000264. The Labute approximate surface area is 155 Å². The number of nitrogens with one attached hydrogen (secondary N) is 2. The summed E-state index contributed by atoms with van der Waals surface area (Å²) < 4.78 is 36.4. The van der Waals surface area contributed by atoms with Gasteiger partial charge in [0.05, 0.1) is 11.4 Å². The second-order valence-corrected chi connectivity index (χ2v) is 6.15. The maximum absolute atomic E-state index is 12.1. The molecule has 1 aromatic rings. The van der Waals surface area contributed by atoms with Gasteiger partial charge in [-0.3, -0.25) is 4.99 Å². The predicted octanol–water partition coefficient (Wildman–Crippen LogP) is 3.45. The highest BCUT2D eigenvalue weighted by Gasteiger charge is 2.26. The van der Waals surface area contributed by atoms with Gasteiger partial charge in [-0.15, -0.1) is 35.3 Å². The van der Waals surface area contributed by atoms with E-state index in [2.05, 4.69) is 32.0 Å². The summed E-state index contributed by atoms with van der Waals surface area (Å²) in [4.78, 5) is 6.32. The minimum Gasteiger partial charge on any atom is -0.363 e. The zero-order valence-electron chi connectivity index (χ0n) is 12.9. The molecule has 0 radical (unpaired) electrons. The Hall–Kier alpha value is -0.710.